The molecule has 14 heavy (non-hydrogen) atoms. The van der Waals surface area contributed by atoms with Gasteiger partial charge in [0.2, 0.25) is 0 Å². The van der Waals surface area contributed by atoms with E-state index in [9.17, 15) is 0 Å². The van der Waals surface area contributed by atoms with Gasteiger partial charge in [-0.1, -0.05) is 20.8 Å². The molecule has 0 aromatic carbocycles. The van der Waals surface area contributed by atoms with Gasteiger partial charge in [-0.05, 0) is 26.8 Å². The summed E-state index contributed by atoms with van der Waals surface area (Å²) in [4.78, 5) is 5.27. The fourth-order valence-corrected chi connectivity index (χ4v) is 2.66. The molecule has 2 heteroatoms. The standard InChI is InChI=1S/C10H20N2.C2H6/c1-4-12-9-5-10(12)7-11(6-9)8(2)3;1-2/h8-10H,4-7H2,1-3H3;1-2H3. The molecule has 84 valence electrons. The number of fused-ring (bicyclic) bond motifs is 2. The minimum atomic E-state index is 0.745. The van der Waals surface area contributed by atoms with Crippen molar-refractivity contribution >= 4 is 0 Å². The second-order valence-corrected chi connectivity index (χ2v) is 4.42. The first-order valence-electron chi connectivity index (χ1n) is 6.22. The van der Waals surface area contributed by atoms with E-state index < -0.39 is 0 Å². The van der Waals surface area contributed by atoms with E-state index in [1.165, 1.54) is 26.1 Å². The Balaban J connectivity index is 0.000000461. The van der Waals surface area contributed by atoms with Crippen molar-refractivity contribution in [3.63, 3.8) is 0 Å². The summed E-state index contributed by atoms with van der Waals surface area (Å²) < 4.78 is 0. The molecule has 0 radical (unpaired) electrons. The van der Waals surface area contributed by atoms with E-state index in [1.54, 1.807) is 0 Å². The van der Waals surface area contributed by atoms with E-state index in [4.69, 9.17) is 0 Å². The third kappa shape index (κ3) is 2.12. The van der Waals surface area contributed by atoms with E-state index in [1.807, 2.05) is 13.8 Å². The van der Waals surface area contributed by atoms with Crippen molar-refractivity contribution in [1.82, 2.24) is 9.80 Å². The maximum Gasteiger partial charge on any atom is 0.0242 e. The van der Waals surface area contributed by atoms with Crippen LogP contribution in [0.2, 0.25) is 0 Å². The molecule has 0 saturated carbocycles. The van der Waals surface area contributed by atoms with Gasteiger partial charge in [-0.15, -0.1) is 0 Å². The monoisotopic (exact) mass is 198 g/mol. The summed E-state index contributed by atoms with van der Waals surface area (Å²) in [5.74, 6) is 0. The summed E-state index contributed by atoms with van der Waals surface area (Å²) >= 11 is 0. The molecule has 3 heterocycles. The number of rotatable bonds is 2. The van der Waals surface area contributed by atoms with Crippen LogP contribution in [-0.4, -0.2) is 47.6 Å². The molecule has 2 unspecified atom stereocenters. The van der Waals surface area contributed by atoms with Gasteiger partial charge in [-0.2, -0.15) is 0 Å². The van der Waals surface area contributed by atoms with Crippen LogP contribution in [0.3, 0.4) is 0 Å². The zero-order valence-corrected chi connectivity index (χ0v) is 10.5. The van der Waals surface area contributed by atoms with Crippen LogP contribution >= 0.6 is 0 Å². The summed E-state index contributed by atoms with van der Waals surface area (Å²) in [6.45, 7) is 14.8. The SMILES string of the molecule is CC.CCN1C2CC1CN(C(C)C)C2. The second-order valence-electron chi connectivity index (χ2n) is 4.42. The maximum atomic E-state index is 2.65. The number of likely N-dealkylation sites (N-methyl/N-ethyl adjacent to an activating group) is 1. The summed E-state index contributed by atoms with van der Waals surface area (Å²) in [6.07, 6.45) is 1.46. The highest BCUT2D eigenvalue weighted by Crippen LogP contribution is 2.32. The lowest BCUT2D eigenvalue weighted by molar-refractivity contribution is -0.0745. The minimum absolute atomic E-state index is 0.745. The Hall–Kier alpha value is -0.0800. The summed E-state index contributed by atoms with van der Waals surface area (Å²) in [6, 6.07) is 2.52. The number of nitrogens with zero attached hydrogens (tertiary/aromatic N) is 2. The zero-order chi connectivity index (χ0) is 10.7. The van der Waals surface area contributed by atoms with Crippen LogP contribution in [0, 0.1) is 0 Å². The summed E-state index contributed by atoms with van der Waals surface area (Å²) in [5, 5.41) is 0. The average Bonchev–Trinajstić information content (AvgIpc) is 2.21. The van der Waals surface area contributed by atoms with Gasteiger partial charge >= 0.3 is 0 Å². The lowest BCUT2D eigenvalue weighted by atomic mass is 9.87. The van der Waals surface area contributed by atoms with Crippen molar-refractivity contribution in [3.05, 3.63) is 0 Å². The Kier molecular flexibility index (Phi) is 4.39. The third-order valence-corrected chi connectivity index (χ3v) is 3.47. The van der Waals surface area contributed by atoms with Gasteiger partial charge < -0.3 is 0 Å². The van der Waals surface area contributed by atoms with Crippen molar-refractivity contribution in [2.45, 2.75) is 59.2 Å². The molecule has 2 bridgehead atoms. The minimum Gasteiger partial charge on any atom is -0.298 e. The summed E-state index contributed by atoms with van der Waals surface area (Å²) in [7, 11) is 0. The Morgan fingerprint density at radius 2 is 1.64 bits per heavy atom. The molecule has 0 amide bonds. The molecular weight excluding hydrogens is 172 g/mol. The quantitative estimate of drug-likeness (QED) is 0.671. The van der Waals surface area contributed by atoms with Crippen molar-refractivity contribution in [2.75, 3.05) is 19.6 Å². The molecule has 3 rings (SSSR count). The average molecular weight is 198 g/mol. The highest BCUT2D eigenvalue weighted by molar-refractivity contribution is 5.00. The largest absolute Gasteiger partial charge is 0.298 e. The number of hydrogen-bond acceptors (Lipinski definition) is 2. The van der Waals surface area contributed by atoms with Crippen molar-refractivity contribution in [1.29, 1.82) is 0 Å². The van der Waals surface area contributed by atoms with Crippen LogP contribution in [0.15, 0.2) is 0 Å². The molecule has 0 aromatic heterocycles. The first-order valence-corrected chi connectivity index (χ1v) is 6.22. The molecule has 3 aliphatic heterocycles. The van der Waals surface area contributed by atoms with Gasteiger partial charge in [0.1, 0.15) is 0 Å². The second kappa shape index (κ2) is 5.13. The van der Waals surface area contributed by atoms with Crippen LogP contribution in [0.5, 0.6) is 0 Å². The molecule has 0 aliphatic carbocycles. The fourth-order valence-electron chi connectivity index (χ4n) is 2.66. The van der Waals surface area contributed by atoms with Crippen LogP contribution < -0.4 is 0 Å². The Bertz CT molecular complexity index is 156. The van der Waals surface area contributed by atoms with Crippen molar-refractivity contribution in [3.8, 4) is 0 Å². The number of piperidine rings is 1. The first-order chi connectivity index (χ1) is 6.72. The molecule has 3 saturated heterocycles. The lowest BCUT2D eigenvalue weighted by Crippen LogP contribution is -2.69. The predicted molar refractivity (Wildman–Crippen MR) is 62.6 cm³/mol. The number of piperazine rings is 1. The maximum absolute atomic E-state index is 2.65. The van der Waals surface area contributed by atoms with Gasteiger partial charge in [0.25, 0.3) is 0 Å². The molecule has 2 nitrogen and oxygen atoms in total. The van der Waals surface area contributed by atoms with E-state index in [0.717, 1.165) is 18.1 Å². The number of hydrogen-bond donors (Lipinski definition) is 0. The van der Waals surface area contributed by atoms with Crippen LogP contribution in [0.25, 0.3) is 0 Å². The highest BCUT2D eigenvalue weighted by atomic mass is 15.4. The van der Waals surface area contributed by atoms with E-state index >= 15 is 0 Å². The van der Waals surface area contributed by atoms with Gasteiger partial charge in [-0.25, -0.2) is 0 Å². The van der Waals surface area contributed by atoms with Gasteiger partial charge in [0.15, 0.2) is 0 Å². The smallest absolute Gasteiger partial charge is 0.0242 e. The van der Waals surface area contributed by atoms with Crippen molar-refractivity contribution in [2.24, 2.45) is 0 Å². The van der Waals surface area contributed by atoms with Gasteiger partial charge in [0, 0.05) is 31.2 Å². The van der Waals surface area contributed by atoms with Crippen LogP contribution in [0.1, 0.15) is 41.0 Å². The van der Waals surface area contributed by atoms with Crippen LogP contribution in [0.4, 0.5) is 0 Å². The van der Waals surface area contributed by atoms with Crippen molar-refractivity contribution < 1.29 is 0 Å². The Morgan fingerprint density at radius 1 is 1.14 bits per heavy atom. The molecule has 3 fully saturated rings. The first kappa shape index (κ1) is 12.0. The zero-order valence-electron chi connectivity index (χ0n) is 10.5. The molecule has 3 aliphatic rings. The molecule has 0 N–H and O–H groups in total. The Labute approximate surface area is 89.3 Å². The van der Waals surface area contributed by atoms with E-state index in [0.29, 0.717) is 0 Å². The molecule has 0 spiro atoms. The summed E-state index contributed by atoms with van der Waals surface area (Å²) in [5.41, 5.74) is 0. The van der Waals surface area contributed by atoms with Crippen LogP contribution in [-0.2, 0) is 0 Å². The molecule has 2 atom stereocenters. The fraction of sp³-hybridized carbons (Fsp3) is 1.00. The third-order valence-electron chi connectivity index (χ3n) is 3.47. The topological polar surface area (TPSA) is 6.48 Å². The lowest BCUT2D eigenvalue weighted by Gasteiger charge is -2.57. The van der Waals surface area contributed by atoms with E-state index in [2.05, 4.69) is 30.6 Å². The van der Waals surface area contributed by atoms with E-state index in [-0.39, 0.29) is 0 Å². The normalized spacial score (nSPS) is 32.1. The predicted octanol–water partition coefficient (Wildman–Crippen LogP) is 2.20. The Morgan fingerprint density at radius 3 is 2.00 bits per heavy atom. The molecular formula is C12H26N2. The highest BCUT2D eigenvalue weighted by Gasteiger charge is 2.43. The van der Waals surface area contributed by atoms with Gasteiger partial charge in [-0.3, -0.25) is 9.80 Å². The molecule has 0 aromatic rings. The van der Waals surface area contributed by atoms with Gasteiger partial charge in [0.05, 0.1) is 0 Å².